The summed E-state index contributed by atoms with van der Waals surface area (Å²) >= 11 is 0. The molecule has 6 nitrogen and oxygen atoms in total. The van der Waals surface area contributed by atoms with Gasteiger partial charge in [-0.2, -0.15) is 13.2 Å². The SMILES string of the molecule is CN1CCC(N2CCC(N(Cc3ccc(Nc4ccncc4)cc3)C(=O)/C=C/c3ccc(C(F)(F)F)cc3)CC2)CC1. The van der Waals surface area contributed by atoms with E-state index in [2.05, 4.69) is 27.1 Å². The van der Waals surface area contributed by atoms with Crippen molar-refractivity contribution in [3.05, 3.63) is 95.8 Å². The van der Waals surface area contributed by atoms with Crippen molar-refractivity contribution in [2.75, 3.05) is 38.5 Å². The number of benzene rings is 2. The lowest BCUT2D eigenvalue weighted by atomic mass is 9.96. The topological polar surface area (TPSA) is 51.7 Å². The highest BCUT2D eigenvalue weighted by atomic mass is 19.4. The molecule has 0 radical (unpaired) electrons. The van der Waals surface area contributed by atoms with Gasteiger partial charge in [-0.25, -0.2) is 0 Å². The molecule has 1 aromatic heterocycles. The van der Waals surface area contributed by atoms with Crippen molar-refractivity contribution in [2.45, 2.75) is 50.5 Å². The number of likely N-dealkylation sites (tertiary alicyclic amines) is 2. The number of nitrogens with zero attached hydrogens (tertiary/aromatic N) is 4. The first-order chi connectivity index (χ1) is 20.2. The van der Waals surface area contributed by atoms with Crippen LogP contribution in [0.1, 0.15) is 42.4 Å². The molecule has 0 bridgehead atoms. The number of rotatable bonds is 8. The van der Waals surface area contributed by atoms with Crippen LogP contribution in [-0.4, -0.2) is 70.9 Å². The van der Waals surface area contributed by atoms with Crippen LogP contribution in [0.25, 0.3) is 6.08 Å². The van der Waals surface area contributed by atoms with Gasteiger partial charge in [0.05, 0.1) is 5.56 Å². The molecule has 0 spiro atoms. The van der Waals surface area contributed by atoms with Gasteiger partial charge in [0.25, 0.3) is 0 Å². The summed E-state index contributed by atoms with van der Waals surface area (Å²) in [7, 11) is 2.17. The van der Waals surface area contributed by atoms with E-state index < -0.39 is 11.7 Å². The number of amides is 1. The van der Waals surface area contributed by atoms with Crippen LogP contribution in [-0.2, 0) is 17.5 Å². The Morgan fingerprint density at radius 3 is 2.14 bits per heavy atom. The van der Waals surface area contributed by atoms with Gasteiger partial charge < -0.3 is 20.0 Å². The van der Waals surface area contributed by atoms with Gasteiger partial charge in [0.2, 0.25) is 5.91 Å². The lowest BCUT2D eigenvalue weighted by Gasteiger charge is -2.43. The summed E-state index contributed by atoms with van der Waals surface area (Å²) in [5.74, 6) is -0.133. The molecule has 42 heavy (non-hydrogen) atoms. The molecule has 9 heteroatoms. The molecule has 3 heterocycles. The minimum atomic E-state index is -4.39. The Labute approximate surface area is 245 Å². The highest BCUT2D eigenvalue weighted by Crippen LogP contribution is 2.29. The Balaban J connectivity index is 1.27. The van der Waals surface area contributed by atoms with Gasteiger partial charge in [-0.05, 0) is 99.4 Å². The minimum absolute atomic E-state index is 0.0897. The molecule has 1 N–H and O–H groups in total. The van der Waals surface area contributed by atoms with Crippen molar-refractivity contribution in [1.29, 1.82) is 0 Å². The molecule has 222 valence electrons. The molecule has 3 aromatic rings. The summed E-state index contributed by atoms with van der Waals surface area (Å²) < 4.78 is 38.9. The maximum absolute atomic E-state index is 13.6. The van der Waals surface area contributed by atoms with Gasteiger partial charge in [-0.15, -0.1) is 0 Å². The molecular formula is C33H38F3N5O. The predicted molar refractivity (Wildman–Crippen MR) is 160 cm³/mol. The van der Waals surface area contributed by atoms with Crippen molar-refractivity contribution >= 4 is 23.4 Å². The number of hydrogen-bond acceptors (Lipinski definition) is 5. The molecule has 0 unspecified atom stereocenters. The number of pyridine rings is 1. The van der Waals surface area contributed by atoms with Gasteiger partial charge in [0.1, 0.15) is 0 Å². The summed E-state index contributed by atoms with van der Waals surface area (Å²) in [6, 6.07) is 17.4. The van der Waals surface area contributed by atoms with E-state index in [-0.39, 0.29) is 11.9 Å². The molecule has 2 aromatic carbocycles. The second-order valence-electron chi connectivity index (χ2n) is 11.3. The molecule has 1 amide bonds. The first-order valence-electron chi connectivity index (χ1n) is 14.6. The molecule has 0 atom stereocenters. The maximum Gasteiger partial charge on any atom is 0.416 e. The lowest BCUT2D eigenvalue weighted by molar-refractivity contribution is -0.137. The Bertz CT molecular complexity index is 1310. The van der Waals surface area contributed by atoms with E-state index in [1.807, 2.05) is 41.3 Å². The predicted octanol–water partition coefficient (Wildman–Crippen LogP) is 6.44. The normalized spacial score (nSPS) is 17.9. The minimum Gasteiger partial charge on any atom is -0.355 e. The number of carbonyl (C=O) groups is 1. The first kappa shape index (κ1) is 29.8. The molecule has 2 saturated heterocycles. The number of carbonyl (C=O) groups excluding carboxylic acids is 1. The Morgan fingerprint density at radius 2 is 1.52 bits per heavy atom. The van der Waals surface area contributed by atoms with E-state index in [0.717, 1.165) is 68.1 Å². The quantitative estimate of drug-likeness (QED) is 0.312. The third-order valence-corrected chi connectivity index (χ3v) is 8.36. The number of halogens is 3. The van der Waals surface area contributed by atoms with Crippen LogP contribution in [0.2, 0.25) is 0 Å². The molecule has 0 aliphatic carbocycles. The number of piperidine rings is 2. The van der Waals surface area contributed by atoms with E-state index in [1.165, 1.54) is 31.1 Å². The number of nitrogens with one attached hydrogen (secondary N) is 1. The van der Waals surface area contributed by atoms with Gasteiger partial charge >= 0.3 is 6.18 Å². The van der Waals surface area contributed by atoms with Crippen molar-refractivity contribution < 1.29 is 18.0 Å². The van der Waals surface area contributed by atoms with Crippen LogP contribution in [0.5, 0.6) is 0 Å². The van der Waals surface area contributed by atoms with Crippen LogP contribution in [0.15, 0.2) is 79.1 Å². The second kappa shape index (κ2) is 13.5. The third-order valence-electron chi connectivity index (χ3n) is 8.36. The van der Waals surface area contributed by atoms with Crippen molar-refractivity contribution in [3.63, 3.8) is 0 Å². The summed E-state index contributed by atoms with van der Waals surface area (Å²) in [4.78, 5) is 24.5. The number of anilines is 2. The lowest BCUT2D eigenvalue weighted by Crippen LogP contribution is -2.51. The molecular weight excluding hydrogens is 539 g/mol. The van der Waals surface area contributed by atoms with Crippen molar-refractivity contribution in [1.82, 2.24) is 19.7 Å². The van der Waals surface area contributed by atoms with Crippen LogP contribution in [0.3, 0.4) is 0 Å². The molecule has 2 fully saturated rings. The fraction of sp³-hybridized carbons (Fsp3) is 0.394. The molecule has 2 aliphatic heterocycles. The zero-order chi connectivity index (χ0) is 29.5. The van der Waals surface area contributed by atoms with Crippen LogP contribution >= 0.6 is 0 Å². The van der Waals surface area contributed by atoms with Gasteiger partial charge in [-0.3, -0.25) is 9.78 Å². The maximum atomic E-state index is 13.6. The number of alkyl halides is 3. The molecule has 5 rings (SSSR count). The number of aromatic nitrogens is 1. The fourth-order valence-corrected chi connectivity index (χ4v) is 5.85. The van der Waals surface area contributed by atoms with Crippen LogP contribution in [0, 0.1) is 0 Å². The fourth-order valence-electron chi connectivity index (χ4n) is 5.85. The monoisotopic (exact) mass is 577 g/mol. The summed E-state index contributed by atoms with van der Waals surface area (Å²) in [5, 5.41) is 3.35. The standard InChI is InChI=1S/C33H38F3N5O/c1-39-20-14-30(15-21-39)40-22-16-31(17-23-40)41(32(42)11-6-25-2-7-27(8-3-25)33(34,35)36)24-26-4-9-28(10-5-26)38-29-12-18-37-19-13-29/h2-13,18-19,30-31H,14-17,20-24H2,1H3,(H,37,38)/b11-6+. The van der Waals surface area contributed by atoms with E-state index >= 15 is 0 Å². The summed E-state index contributed by atoms with van der Waals surface area (Å²) in [6.45, 7) is 4.62. The zero-order valence-electron chi connectivity index (χ0n) is 23.9. The highest BCUT2D eigenvalue weighted by molar-refractivity contribution is 5.92. The van der Waals surface area contributed by atoms with Crippen molar-refractivity contribution in [3.8, 4) is 0 Å². The Kier molecular flexibility index (Phi) is 9.59. The summed E-state index contributed by atoms with van der Waals surface area (Å²) in [6.07, 6.45) is 6.32. The number of hydrogen-bond donors (Lipinski definition) is 1. The van der Waals surface area contributed by atoms with E-state index in [9.17, 15) is 18.0 Å². The Morgan fingerprint density at radius 1 is 0.905 bits per heavy atom. The average Bonchev–Trinajstić information content (AvgIpc) is 3.00. The highest BCUT2D eigenvalue weighted by Gasteiger charge is 2.32. The largest absolute Gasteiger partial charge is 0.416 e. The van der Waals surface area contributed by atoms with E-state index in [4.69, 9.17) is 0 Å². The van der Waals surface area contributed by atoms with Crippen molar-refractivity contribution in [2.24, 2.45) is 0 Å². The summed E-state index contributed by atoms with van der Waals surface area (Å²) in [5.41, 5.74) is 2.76. The van der Waals surface area contributed by atoms with Crippen LogP contribution < -0.4 is 5.32 Å². The van der Waals surface area contributed by atoms with Crippen LogP contribution in [0.4, 0.5) is 24.5 Å². The average molecular weight is 578 g/mol. The van der Waals surface area contributed by atoms with E-state index in [0.29, 0.717) is 18.2 Å². The molecule has 0 saturated carbocycles. The second-order valence-corrected chi connectivity index (χ2v) is 11.3. The third kappa shape index (κ3) is 7.98. The Hall–Kier alpha value is -3.69. The van der Waals surface area contributed by atoms with Gasteiger partial charge in [0, 0.05) is 61.6 Å². The zero-order valence-corrected chi connectivity index (χ0v) is 23.9. The smallest absolute Gasteiger partial charge is 0.355 e. The molecule has 2 aliphatic rings. The van der Waals surface area contributed by atoms with Gasteiger partial charge in [0.15, 0.2) is 0 Å². The van der Waals surface area contributed by atoms with E-state index in [1.54, 1.807) is 18.5 Å². The first-order valence-corrected chi connectivity index (χ1v) is 14.6. The van der Waals surface area contributed by atoms with Gasteiger partial charge in [-0.1, -0.05) is 24.3 Å².